The van der Waals surface area contributed by atoms with E-state index in [-0.39, 0.29) is 48.2 Å². The highest BCUT2D eigenvalue weighted by atomic mass is 32.2. The zero-order valence-corrected chi connectivity index (χ0v) is 15.6. The van der Waals surface area contributed by atoms with Crippen molar-refractivity contribution in [2.45, 2.75) is 20.3 Å². The maximum Gasteiger partial charge on any atom is 0.288 e. The molecular weight excluding hydrogens is 354 g/mol. The van der Waals surface area contributed by atoms with Crippen LogP contribution in [0.3, 0.4) is 0 Å². The molecule has 2 saturated heterocycles. The maximum atomic E-state index is 12.4. The first-order chi connectivity index (χ1) is 12.4. The minimum atomic E-state index is -0.429. The summed E-state index contributed by atoms with van der Waals surface area (Å²) in [5.41, 5.74) is 2.97. The van der Waals surface area contributed by atoms with Crippen LogP contribution in [0.15, 0.2) is 18.2 Å². The number of carbonyl (C=O) groups is 4. The van der Waals surface area contributed by atoms with Gasteiger partial charge in [0.1, 0.15) is 0 Å². The number of nitrogens with zero attached hydrogens (tertiary/aromatic N) is 2. The van der Waals surface area contributed by atoms with E-state index in [2.05, 4.69) is 5.32 Å². The molecule has 4 amide bonds. The monoisotopic (exact) mass is 375 g/mol. The smallest absolute Gasteiger partial charge is 0.288 e. The van der Waals surface area contributed by atoms with Gasteiger partial charge >= 0.3 is 0 Å². The van der Waals surface area contributed by atoms with E-state index in [1.807, 2.05) is 32.0 Å². The standard InChI is InChI=1S/C18H21N3O4S/c1-11-4-3-5-14(12(11)2)21-9-13(8-15(21)22)17(24)19-6-7-20-16(23)10-26-18(20)25/h3-5,13H,6-10H2,1-2H3,(H,19,24). The topological polar surface area (TPSA) is 86.8 Å². The third-order valence-corrected chi connectivity index (χ3v) is 5.70. The van der Waals surface area contributed by atoms with Gasteiger partial charge in [-0.05, 0) is 31.0 Å². The third kappa shape index (κ3) is 3.60. The summed E-state index contributed by atoms with van der Waals surface area (Å²) in [6, 6.07) is 5.78. The molecule has 1 unspecified atom stereocenters. The maximum absolute atomic E-state index is 12.4. The molecule has 0 radical (unpaired) electrons. The molecule has 1 N–H and O–H groups in total. The Hall–Kier alpha value is -2.35. The molecule has 8 heteroatoms. The minimum Gasteiger partial charge on any atom is -0.354 e. The Kier molecular flexibility index (Phi) is 5.31. The normalized spacial score (nSPS) is 20.2. The number of imide groups is 1. The summed E-state index contributed by atoms with van der Waals surface area (Å²) in [7, 11) is 0. The number of anilines is 1. The molecule has 2 aliphatic heterocycles. The lowest BCUT2D eigenvalue weighted by atomic mass is 10.1. The predicted molar refractivity (Wildman–Crippen MR) is 99.0 cm³/mol. The lowest BCUT2D eigenvalue weighted by Gasteiger charge is -2.20. The van der Waals surface area contributed by atoms with Crippen molar-refractivity contribution < 1.29 is 19.2 Å². The average Bonchev–Trinajstić information content (AvgIpc) is 3.14. The number of hydrogen-bond acceptors (Lipinski definition) is 5. The van der Waals surface area contributed by atoms with Crippen LogP contribution in [0.5, 0.6) is 0 Å². The molecule has 26 heavy (non-hydrogen) atoms. The van der Waals surface area contributed by atoms with Crippen molar-refractivity contribution in [1.29, 1.82) is 0 Å². The summed E-state index contributed by atoms with van der Waals surface area (Å²) in [6.45, 7) is 4.66. The van der Waals surface area contributed by atoms with Crippen molar-refractivity contribution in [1.82, 2.24) is 10.2 Å². The van der Waals surface area contributed by atoms with Crippen molar-refractivity contribution in [3.05, 3.63) is 29.3 Å². The molecule has 7 nitrogen and oxygen atoms in total. The van der Waals surface area contributed by atoms with E-state index >= 15 is 0 Å². The molecule has 0 bridgehead atoms. The quantitative estimate of drug-likeness (QED) is 0.842. The molecule has 3 rings (SSSR count). The van der Waals surface area contributed by atoms with Gasteiger partial charge in [-0.3, -0.25) is 24.1 Å². The van der Waals surface area contributed by atoms with Gasteiger partial charge in [0.2, 0.25) is 17.7 Å². The number of benzene rings is 1. The van der Waals surface area contributed by atoms with Gasteiger partial charge in [0.05, 0.1) is 11.7 Å². The Morgan fingerprint density at radius 3 is 2.69 bits per heavy atom. The van der Waals surface area contributed by atoms with Gasteiger partial charge in [-0.1, -0.05) is 23.9 Å². The number of rotatable bonds is 5. The lowest BCUT2D eigenvalue weighted by molar-refractivity contribution is -0.127. The molecule has 1 aromatic carbocycles. The highest BCUT2D eigenvalue weighted by Gasteiger charge is 2.36. The molecule has 0 saturated carbocycles. The zero-order valence-electron chi connectivity index (χ0n) is 14.8. The van der Waals surface area contributed by atoms with Crippen LogP contribution in [-0.2, 0) is 14.4 Å². The first kappa shape index (κ1) is 18.4. The van der Waals surface area contributed by atoms with Crippen LogP contribution in [-0.4, -0.2) is 53.2 Å². The van der Waals surface area contributed by atoms with E-state index in [9.17, 15) is 19.2 Å². The zero-order chi connectivity index (χ0) is 18.8. The second kappa shape index (κ2) is 7.49. The van der Waals surface area contributed by atoms with Crippen molar-refractivity contribution in [2.75, 3.05) is 30.3 Å². The van der Waals surface area contributed by atoms with Crippen LogP contribution < -0.4 is 10.2 Å². The Bertz CT molecular complexity index is 764. The van der Waals surface area contributed by atoms with E-state index < -0.39 is 5.92 Å². The van der Waals surface area contributed by atoms with E-state index in [1.54, 1.807) is 4.90 Å². The van der Waals surface area contributed by atoms with Gasteiger partial charge in [-0.15, -0.1) is 0 Å². The highest BCUT2D eigenvalue weighted by Crippen LogP contribution is 2.29. The molecule has 1 atom stereocenters. The first-order valence-corrected chi connectivity index (χ1v) is 9.48. The highest BCUT2D eigenvalue weighted by molar-refractivity contribution is 8.14. The Labute approximate surface area is 156 Å². The number of aryl methyl sites for hydroxylation is 1. The van der Waals surface area contributed by atoms with E-state index in [0.717, 1.165) is 33.5 Å². The third-order valence-electron chi connectivity index (χ3n) is 4.84. The average molecular weight is 375 g/mol. The Morgan fingerprint density at radius 2 is 2.00 bits per heavy atom. The van der Waals surface area contributed by atoms with Crippen LogP contribution in [0.4, 0.5) is 10.5 Å². The molecule has 2 fully saturated rings. The van der Waals surface area contributed by atoms with Crippen LogP contribution in [0.25, 0.3) is 0 Å². The van der Waals surface area contributed by atoms with E-state index in [4.69, 9.17) is 0 Å². The van der Waals surface area contributed by atoms with E-state index in [0.29, 0.717) is 6.54 Å². The Morgan fingerprint density at radius 1 is 1.23 bits per heavy atom. The second-order valence-electron chi connectivity index (χ2n) is 6.52. The molecule has 0 spiro atoms. The van der Waals surface area contributed by atoms with Crippen LogP contribution in [0, 0.1) is 19.8 Å². The van der Waals surface area contributed by atoms with Crippen molar-refractivity contribution >= 4 is 40.4 Å². The van der Waals surface area contributed by atoms with E-state index in [1.165, 1.54) is 0 Å². The summed E-state index contributed by atoms with van der Waals surface area (Å²) >= 11 is 0.972. The molecule has 1 aromatic rings. The minimum absolute atomic E-state index is 0.0693. The van der Waals surface area contributed by atoms with Crippen LogP contribution >= 0.6 is 11.8 Å². The van der Waals surface area contributed by atoms with Gasteiger partial charge < -0.3 is 10.2 Å². The van der Waals surface area contributed by atoms with Gasteiger partial charge in [0.15, 0.2) is 0 Å². The molecule has 138 valence electrons. The second-order valence-corrected chi connectivity index (χ2v) is 7.44. The fourth-order valence-corrected chi connectivity index (χ4v) is 3.93. The fraction of sp³-hybridized carbons (Fsp3) is 0.444. The molecule has 0 aromatic heterocycles. The van der Waals surface area contributed by atoms with Gasteiger partial charge in [0, 0.05) is 31.7 Å². The summed E-state index contributed by atoms with van der Waals surface area (Å²) < 4.78 is 0. The largest absolute Gasteiger partial charge is 0.354 e. The summed E-state index contributed by atoms with van der Waals surface area (Å²) in [6.07, 6.45) is 0.163. The van der Waals surface area contributed by atoms with Gasteiger partial charge in [-0.2, -0.15) is 0 Å². The number of carbonyl (C=O) groups excluding carboxylic acids is 4. The van der Waals surface area contributed by atoms with Crippen LogP contribution in [0.1, 0.15) is 17.5 Å². The van der Waals surface area contributed by atoms with Crippen molar-refractivity contribution in [3.63, 3.8) is 0 Å². The summed E-state index contributed by atoms with van der Waals surface area (Å²) in [5.74, 6) is -0.791. The van der Waals surface area contributed by atoms with Gasteiger partial charge in [0.25, 0.3) is 5.24 Å². The number of nitrogens with one attached hydrogen (secondary N) is 1. The SMILES string of the molecule is Cc1cccc(N2CC(C(=O)NCCN3C(=O)CSC3=O)CC2=O)c1C. The van der Waals surface area contributed by atoms with Crippen LogP contribution in [0.2, 0.25) is 0 Å². The molecule has 2 aliphatic rings. The fourth-order valence-electron chi connectivity index (χ4n) is 3.18. The Balaban J connectivity index is 1.56. The number of thioether (sulfide) groups is 1. The molecule has 2 heterocycles. The predicted octanol–water partition coefficient (Wildman–Crippen LogP) is 1.47. The summed E-state index contributed by atoms with van der Waals surface area (Å²) in [5, 5.41) is 2.46. The lowest BCUT2D eigenvalue weighted by Crippen LogP contribution is -2.40. The number of amides is 4. The molecular formula is C18H21N3O4S. The van der Waals surface area contributed by atoms with Gasteiger partial charge in [-0.25, -0.2) is 0 Å². The summed E-state index contributed by atoms with van der Waals surface area (Å²) in [4.78, 5) is 50.6. The number of hydrogen-bond donors (Lipinski definition) is 1. The first-order valence-electron chi connectivity index (χ1n) is 8.50. The molecule has 0 aliphatic carbocycles. The van der Waals surface area contributed by atoms with Crippen molar-refractivity contribution in [2.24, 2.45) is 5.92 Å². The van der Waals surface area contributed by atoms with Crippen molar-refractivity contribution in [3.8, 4) is 0 Å².